The van der Waals surface area contributed by atoms with Gasteiger partial charge in [-0.25, -0.2) is 8.42 Å². The molecule has 1 aromatic heterocycles. The topological polar surface area (TPSA) is 153 Å². The van der Waals surface area contributed by atoms with Crippen molar-refractivity contribution < 1.29 is 18.0 Å². The third kappa shape index (κ3) is 2.96. The van der Waals surface area contributed by atoms with Gasteiger partial charge in [-0.15, -0.1) is 0 Å². The summed E-state index contributed by atoms with van der Waals surface area (Å²) in [6.45, 7) is 0.554. The number of aliphatic imine (C=N–C) groups is 1. The molecule has 3 heterocycles. The highest BCUT2D eigenvalue weighted by atomic mass is 32.2. The fourth-order valence-corrected chi connectivity index (χ4v) is 4.92. The molecule has 144 valence electrons. The maximum atomic E-state index is 12.4. The summed E-state index contributed by atoms with van der Waals surface area (Å²) in [7, 11) is -3.82. The van der Waals surface area contributed by atoms with Crippen LogP contribution in [-0.2, 0) is 10.0 Å². The number of nitrogens with one attached hydrogen (secondary N) is 2. The van der Waals surface area contributed by atoms with E-state index in [0.29, 0.717) is 17.5 Å². The number of nitrogens with two attached hydrogens (primary N) is 1. The molecule has 0 atom stereocenters. The lowest BCUT2D eigenvalue weighted by Gasteiger charge is -2.13. The van der Waals surface area contributed by atoms with Crippen LogP contribution < -0.4 is 21.3 Å². The monoisotopic (exact) mass is 419 g/mol. The van der Waals surface area contributed by atoms with Gasteiger partial charge in [-0.3, -0.25) is 34.0 Å². The molecule has 0 aliphatic carbocycles. The summed E-state index contributed by atoms with van der Waals surface area (Å²) in [5.74, 6) is -0.857. The predicted octanol–water partition coefficient (Wildman–Crippen LogP) is -0.316. The number of pyridine rings is 1. The average Bonchev–Trinajstić information content (AvgIpc) is 3.23. The van der Waals surface area contributed by atoms with Crippen molar-refractivity contribution in [3.05, 3.63) is 51.8 Å². The van der Waals surface area contributed by atoms with E-state index in [1.807, 2.05) is 0 Å². The second-order valence-corrected chi connectivity index (χ2v) is 8.68. The van der Waals surface area contributed by atoms with E-state index >= 15 is 0 Å². The van der Waals surface area contributed by atoms with Gasteiger partial charge in [-0.2, -0.15) is 0 Å². The van der Waals surface area contributed by atoms with Crippen molar-refractivity contribution in [2.45, 2.75) is 4.90 Å². The zero-order valence-corrected chi connectivity index (χ0v) is 15.8. The van der Waals surface area contributed by atoms with Crippen LogP contribution in [0.2, 0.25) is 0 Å². The SMILES string of the molecule is Nc1c2c(cc(=O)n1-c1ccc(S(=O)(=O)NC3=NCCS3)cc1)C(=O)NC2=O. The average molecular weight is 419 g/mol. The maximum Gasteiger partial charge on any atom is 0.263 e. The Hall–Kier alpha value is -3.12. The van der Waals surface area contributed by atoms with Crippen molar-refractivity contribution in [3.63, 3.8) is 0 Å². The lowest BCUT2D eigenvalue weighted by atomic mass is 10.1. The Balaban J connectivity index is 1.72. The number of amidine groups is 1. The van der Waals surface area contributed by atoms with Crippen molar-refractivity contribution in [2.24, 2.45) is 4.99 Å². The number of sulfonamides is 1. The number of benzene rings is 1. The highest BCUT2D eigenvalue weighted by Crippen LogP contribution is 2.23. The highest BCUT2D eigenvalue weighted by Gasteiger charge is 2.31. The molecule has 2 aliphatic rings. The van der Waals surface area contributed by atoms with Crippen LogP contribution in [0.3, 0.4) is 0 Å². The lowest BCUT2D eigenvalue weighted by molar-refractivity contribution is 0.0880. The van der Waals surface area contributed by atoms with Gasteiger partial charge in [0.1, 0.15) is 5.82 Å². The van der Waals surface area contributed by atoms with Crippen LogP contribution in [0.15, 0.2) is 45.0 Å². The zero-order chi connectivity index (χ0) is 20.1. The van der Waals surface area contributed by atoms with E-state index in [9.17, 15) is 22.8 Å². The smallest absolute Gasteiger partial charge is 0.263 e. The minimum atomic E-state index is -3.82. The fourth-order valence-electron chi connectivity index (χ4n) is 2.89. The molecule has 0 fully saturated rings. The lowest BCUT2D eigenvalue weighted by Crippen LogP contribution is -2.27. The van der Waals surface area contributed by atoms with Gasteiger partial charge in [-0.1, -0.05) is 11.8 Å². The first kappa shape index (κ1) is 18.3. The van der Waals surface area contributed by atoms with Gasteiger partial charge in [0.2, 0.25) is 0 Å². The van der Waals surface area contributed by atoms with Crippen molar-refractivity contribution in [1.29, 1.82) is 0 Å². The number of thioether (sulfide) groups is 1. The highest BCUT2D eigenvalue weighted by molar-refractivity contribution is 8.15. The molecule has 10 nitrogen and oxygen atoms in total. The van der Waals surface area contributed by atoms with Crippen LogP contribution in [0.5, 0.6) is 0 Å². The first-order valence-corrected chi connectivity index (χ1v) is 10.5. The summed E-state index contributed by atoms with van der Waals surface area (Å²) in [6.07, 6.45) is 0. The zero-order valence-electron chi connectivity index (χ0n) is 14.1. The van der Waals surface area contributed by atoms with E-state index in [1.54, 1.807) is 0 Å². The number of fused-ring (bicyclic) bond motifs is 1. The van der Waals surface area contributed by atoms with Crippen LogP contribution >= 0.6 is 11.8 Å². The second kappa shape index (κ2) is 6.49. The summed E-state index contributed by atoms with van der Waals surface area (Å²) >= 11 is 1.31. The van der Waals surface area contributed by atoms with E-state index < -0.39 is 27.4 Å². The first-order valence-electron chi connectivity index (χ1n) is 7.99. The van der Waals surface area contributed by atoms with Crippen molar-refractivity contribution in [2.75, 3.05) is 18.0 Å². The number of hydrogen-bond acceptors (Lipinski definition) is 8. The summed E-state index contributed by atoms with van der Waals surface area (Å²) in [4.78, 5) is 40.0. The van der Waals surface area contributed by atoms with Gasteiger partial charge in [0.15, 0.2) is 5.17 Å². The molecule has 4 rings (SSSR count). The molecule has 2 aliphatic heterocycles. The Morgan fingerprint density at radius 1 is 1.14 bits per heavy atom. The summed E-state index contributed by atoms with van der Waals surface area (Å²) in [5.41, 5.74) is 5.42. The standard InChI is InChI=1S/C16H13N5O5S2/c17-13-12-10(14(23)19-15(12)24)7-11(22)21(13)8-1-3-9(4-2-8)28(25,26)20-16-18-5-6-27-16/h1-4,7H,5-6,17H2,(H,18,20)(H,19,23,24). The van der Waals surface area contributed by atoms with Crippen molar-refractivity contribution >= 4 is 44.6 Å². The number of carbonyl (C=O) groups excluding carboxylic acids is 2. The van der Waals surface area contributed by atoms with Gasteiger partial charge in [0.25, 0.3) is 27.4 Å². The number of rotatable bonds is 3. The Kier molecular flexibility index (Phi) is 4.23. The van der Waals surface area contributed by atoms with Crippen LogP contribution in [0, 0.1) is 0 Å². The fraction of sp³-hybridized carbons (Fsp3) is 0.125. The van der Waals surface area contributed by atoms with E-state index in [-0.39, 0.29) is 27.5 Å². The number of anilines is 1. The number of nitrogens with zero attached hydrogens (tertiary/aromatic N) is 2. The quantitative estimate of drug-likeness (QED) is 0.577. The minimum absolute atomic E-state index is 0.0212. The molecule has 0 saturated carbocycles. The summed E-state index contributed by atoms with van der Waals surface area (Å²) < 4.78 is 28.3. The Bertz CT molecular complexity index is 1220. The largest absolute Gasteiger partial charge is 0.384 e. The minimum Gasteiger partial charge on any atom is -0.384 e. The van der Waals surface area contributed by atoms with Crippen LogP contribution in [0.1, 0.15) is 20.7 Å². The van der Waals surface area contributed by atoms with Crippen LogP contribution in [0.4, 0.5) is 5.82 Å². The first-order chi connectivity index (χ1) is 13.3. The summed E-state index contributed by atoms with van der Waals surface area (Å²) in [6, 6.07) is 6.41. The predicted molar refractivity (Wildman–Crippen MR) is 103 cm³/mol. The Labute approximate surface area is 162 Å². The molecule has 0 radical (unpaired) electrons. The normalized spacial score (nSPS) is 15.9. The molecular weight excluding hydrogens is 406 g/mol. The molecular formula is C16H13N5O5S2. The molecule has 2 amide bonds. The molecule has 0 saturated heterocycles. The number of imide groups is 1. The summed E-state index contributed by atoms with van der Waals surface area (Å²) in [5, 5.41) is 2.41. The van der Waals surface area contributed by atoms with Crippen LogP contribution in [0.25, 0.3) is 5.69 Å². The third-order valence-electron chi connectivity index (χ3n) is 4.17. The number of aromatic nitrogens is 1. The van der Waals surface area contributed by atoms with E-state index in [0.717, 1.165) is 10.6 Å². The molecule has 0 bridgehead atoms. The van der Waals surface area contributed by atoms with E-state index in [1.165, 1.54) is 36.0 Å². The van der Waals surface area contributed by atoms with E-state index in [4.69, 9.17) is 5.73 Å². The molecule has 12 heteroatoms. The number of nitrogen functional groups attached to an aromatic ring is 1. The molecule has 0 unspecified atom stereocenters. The molecule has 2 aromatic rings. The number of hydrogen-bond donors (Lipinski definition) is 3. The second-order valence-electron chi connectivity index (χ2n) is 5.91. The Morgan fingerprint density at radius 3 is 2.50 bits per heavy atom. The number of carbonyl (C=O) groups is 2. The molecule has 4 N–H and O–H groups in total. The molecule has 1 aromatic carbocycles. The Morgan fingerprint density at radius 2 is 1.86 bits per heavy atom. The molecule has 28 heavy (non-hydrogen) atoms. The van der Waals surface area contributed by atoms with Gasteiger partial charge in [0.05, 0.1) is 28.3 Å². The van der Waals surface area contributed by atoms with E-state index in [2.05, 4.69) is 15.0 Å². The molecule has 0 spiro atoms. The van der Waals surface area contributed by atoms with Gasteiger partial charge in [0, 0.05) is 11.8 Å². The van der Waals surface area contributed by atoms with Gasteiger partial charge in [-0.05, 0) is 24.3 Å². The van der Waals surface area contributed by atoms with Crippen LogP contribution in [-0.4, -0.2) is 42.3 Å². The van der Waals surface area contributed by atoms with Gasteiger partial charge < -0.3 is 5.73 Å². The maximum absolute atomic E-state index is 12.4. The van der Waals surface area contributed by atoms with Gasteiger partial charge >= 0.3 is 0 Å². The third-order valence-corrected chi connectivity index (χ3v) is 6.54. The number of amides is 2. The van der Waals surface area contributed by atoms with Crippen molar-refractivity contribution in [1.82, 2.24) is 14.6 Å². The van der Waals surface area contributed by atoms with Crippen molar-refractivity contribution in [3.8, 4) is 5.69 Å².